The molecule has 17 heavy (non-hydrogen) atoms. The lowest BCUT2D eigenvalue weighted by atomic mass is 10.1. The van der Waals surface area contributed by atoms with Crippen molar-refractivity contribution in [3.8, 4) is 0 Å². The first-order valence-electron chi connectivity index (χ1n) is 6.20. The molecule has 3 N–H and O–H groups in total. The van der Waals surface area contributed by atoms with Crippen molar-refractivity contribution in [3.63, 3.8) is 0 Å². The normalized spacial score (nSPS) is 21.1. The van der Waals surface area contributed by atoms with Crippen LogP contribution in [0.1, 0.15) is 36.2 Å². The van der Waals surface area contributed by atoms with Crippen molar-refractivity contribution in [3.05, 3.63) is 17.0 Å². The monoisotopic (exact) mass is 236 g/mol. The zero-order valence-electron chi connectivity index (χ0n) is 10.5. The van der Waals surface area contributed by atoms with Crippen LogP contribution in [0.3, 0.4) is 0 Å². The average molecular weight is 236 g/mol. The standard InChI is InChI=1S/C12H20N4O/c1-8-10(9(2)16-15-8)7-14-11-5-3-4-6-13-12(11)17/h11,14H,3-7H2,1-2H3,(H,13,17)(H,15,16). The smallest absolute Gasteiger partial charge is 0.237 e. The number of nitrogens with zero attached hydrogens (tertiary/aromatic N) is 1. The Morgan fingerprint density at radius 3 is 2.94 bits per heavy atom. The third-order valence-corrected chi connectivity index (χ3v) is 3.34. The van der Waals surface area contributed by atoms with Crippen LogP contribution < -0.4 is 10.6 Å². The Balaban J connectivity index is 1.95. The molecule has 5 heteroatoms. The molecule has 0 saturated carbocycles. The predicted molar refractivity (Wildman–Crippen MR) is 65.6 cm³/mol. The van der Waals surface area contributed by atoms with Gasteiger partial charge in [-0.25, -0.2) is 0 Å². The molecular formula is C12H20N4O. The molecule has 5 nitrogen and oxygen atoms in total. The molecule has 0 aromatic carbocycles. The van der Waals surface area contributed by atoms with E-state index in [-0.39, 0.29) is 11.9 Å². The lowest BCUT2D eigenvalue weighted by Crippen LogP contribution is -2.42. The lowest BCUT2D eigenvalue weighted by molar-refractivity contribution is -0.122. The number of hydrogen-bond donors (Lipinski definition) is 3. The Hall–Kier alpha value is -1.36. The molecule has 1 unspecified atom stereocenters. The van der Waals surface area contributed by atoms with Gasteiger partial charge in [-0.2, -0.15) is 5.10 Å². The van der Waals surface area contributed by atoms with Gasteiger partial charge in [0.25, 0.3) is 0 Å². The van der Waals surface area contributed by atoms with Crippen LogP contribution >= 0.6 is 0 Å². The number of carbonyl (C=O) groups excluding carboxylic acids is 1. The van der Waals surface area contributed by atoms with E-state index in [0.717, 1.165) is 37.2 Å². The van der Waals surface area contributed by atoms with Gasteiger partial charge in [-0.3, -0.25) is 9.89 Å². The van der Waals surface area contributed by atoms with Gasteiger partial charge < -0.3 is 10.6 Å². The maximum atomic E-state index is 11.7. The van der Waals surface area contributed by atoms with Crippen molar-refractivity contribution in [1.82, 2.24) is 20.8 Å². The van der Waals surface area contributed by atoms with Gasteiger partial charge >= 0.3 is 0 Å². The fraction of sp³-hybridized carbons (Fsp3) is 0.667. The first-order chi connectivity index (χ1) is 8.18. The number of H-pyrrole nitrogens is 1. The van der Waals surface area contributed by atoms with E-state index in [1.165, 1.54) is 5.56 Å². The van der Waals surface area contributed by atoms with Gasteiger partial charge in [0.05, 0.1) is 11.7 Å². The summed E-state index contributed by atoms with van der Waals surface area (Å²) in [6.07, 6.45) is 3.09. The van der Waals surface area contributed by atoms with Gasteiger partial charge in [-0.05, 0) is 33.1 Å². The molecule has 1 saturated heterocycles. The molecule has 1 aliphatic heterocycles. The summed E-state index contributed by atoms with van der Waals surface area (Å²) in [6.45, 7) is 5.49. The Labute approximate surface area is 101 Å². The molecule has 1 aromatic heterocycles. The van der Waals surface area contributed by atoms with Gasteiger partial charge in [-0.15, -0.1) is 0 Å². The molecule has 1 aliphatic rings. The number of aromatic amines is 1. The van der Waals surface area contributed by atoms with Gasteiger partial charge in [0, 0.05) is 24.3 Å². The second-order valence-corrected chi connectivity index (χ2v) is 4.63. The highest BCUT2D eigenvalue weighted by atomic mass is 16.2. The summed E-state index contributed by atoms with van der Waals surface area (Å²) in [5.41, 5.74) is 3.25. The molecule has 0 spiro atoms. The number of hydrogen-bond acceptors (Lipinski definition) is 3. The fourth-order valence-corrected chi connectivity index (χ4v) is 2.19. The molecule has 1 aromatic rings. The molecule has 0 bridgehead atoms. The number of aromatic nitrogens is 2. The SMILES string of the molecule is Cc1n[nH]c(C)c1CNC1CCCCNC1=O. The number of amides is 1. The van der Waals surface area contributed by atoms with Crippen molar-refractivity contribution >= 4 is 5.91 Å². The van der Waals surface area contributed by atoms with Crippen LogP contribution in [0.15, 0.2) is 0 Å². The van der Waals surface area contributed by atoms with Crippen LogP contribution in [0.25, 0.3) is 0 Å². The molecule has 2 rings (SSSR count). The minimum absolute atomic E-state index is 0.0637. The van der Waals surface area contributed by atoms with Gasteiger partial charge in [0.15, 0.2) is 0 Å². The highest BCUT2D eigenvalue weighted by Gasteiger charge is 2.20. The summed E-state index contributed by atoms with van der Waals surface area (Å²) in [5, 5.41) is 13.4. The van der Waals surface area contributed by atoms with Gasteiger partial charge in [0.1, 0.15) is 0 Å². The van der Waals surface area contributed by atoms with Crippen LogP contribution in [0.4, 0.5) is 0 Å². The second kappa shape index (κ2) is 5.31. The van der Waals surface area contributed by atoms with Crippen LogP contribution in [-0.2, 0) is 11.3 Å². The molecular weight excluding hydrogens is 216 g/mol. The fourth-order valence-electron chi connectivity index (χ4n) is 2.19. The highest BCUT2D eigenvalue weighted by Crippen LogP contribution is 2.11. The quantitative estimate of drug-likeness (QED) is 0.726. The summed E-state index contributed by atoms with van der Waals surface area (Å²) < 4.78 is 0. The van der Waals surface area contributed by atoms with Crippen molar-refractivity contribution < 1.29 is 4.79 Å². The Kier molecular flexibility index (Phi) is 3.78. The minimum atomic E-state index is -0.0637. The third kappa shape index (κ3) is 2.85. The molecule has 1 fully saturated rings. The number of nitrogens with one attached hydrogen (secondary N) is 3. The molecule has 0 radical (unpaired) electrons. The van der Waals surface area contributed by atoms with Crippen LogP contribution in [0.5, 0.6) is 0 Å². The summed E-state index contributed by atoms with van der Waals surface area (Å²) in [4.78, 5) is 11.7. The molecule has 94 valence electrons. The number of rotatable bonds is 3. The zero-order valence-corrected chi connectivity index (χ0v) is 10.5. The maximum absolute atomic E-state index is 11.7. The number of aryl methyl sites for hydroxylation is 2. The summed E-state index contributed by atoms with van der Waals surface area (Å²) in [6, 6.07) is -0.0637. The van der Waals surface area contributed by atoms with Crippen molar-refractivity contribution in [2.24, 2.45) is 0 Å². The van der Waals surface area contributed by atoms with Gasteiger partial charge in [-0.1, -0.05) is 0 Å². The topological polar surface area (TPSA) is 69.8 Å². The van der Waals surface area contributed by atoms with E-state index in [0.29, 0.717) is 6.54 Å². The molecule has 0 aliphatic carbocycles. The summed E-state index contributed by atoms with van der Waals surface area (Å²) in [7, 11) is 0. The van der Waals surface area contributed by atoms with Crippen molar-refractivity contribution in [2.75, 3.05) is 6.54 Å². The van der Waals surface area contributed by atoms with Crippen LogP contribution in [0.2, 0.25) is 0 Å². The molecule has 2 heterocycles. The van der Waals surface area contributed by atoms with Gasteiger partial charge in [0.2, 0.25) is 5.91 Å². The van der Waals surface area contributed by atoms with E-state index in [1.54, 1.807) is 0 Å². The summed E-state index contributed by atoms with van der Waals surface area (Å²) >= 11 is 0. The Morgan fingerprint density at radius 2 is 2.24 bits per heavy atom. The zero-order chi connectivity index (χ0) is 12.3. The van der Waals surface area contributed by atoms with E-state index < -0.39 is 0 Å². The molecule has 1 amide bonds. The first-order valence-corrected chi connectivity index (χ1v) is 6.20. The molecule has 1 atom stereocenters. The second-order valence-electron chi connectivity index (χ2n) is 4.63. The summed E-state index contributed by atoms with van der Waals surface area (Å²) in [5.74, 6) is 0.126. The van der Waals surface area contributed by atoms with E-state index >= 15 is 0 Å². The van der Waals surface area contributed by atoms with E-state index in [2.05, 4.69) is 20.8 Å². The van der Waals surface area contributed by atoms with Crippen molar-refractivity contribution in [2.45, 2.75) is 45.7 Å². The Morgan fingerprint density at radius 1 is 1.41 bits per heavy atom. The Bertz CT molecular complexity index is 380. The van der Waals surface area contributed by atoms with Crippen LogP contribution in [-0.4, -0.2) is 28.7 Å². The maximum Gasteiger partial charge on any atom is 0.237 e. The third-order valence-electron chi connectivity index (χ3n) is 3.34. The number of carbonyl (C=O) groups is 1. The largest absolute Gasteiger partial charge is 0.355 e. The lowest BCUT2D eigenvalue weighted by Gasteiger charge is -2.15. The van der Waals surface area contributed by atoms with Crippen molar-refractivity contribution in [1.29, 1.82) is 0 Å². The van der Waals surface area contributed by atoms with E-state index in [4.69, 9.17) is 0 Å². The van der Waals surface area contributed by atoms with E-state index in [9.17, 15) is 4.79 Å². The van der Waals surface area contributed by atoms with E-state index in [1.807, 2.05) is 13.8 Å². The van der Waals surface area contributed by atoms with Crippen LogP contribution in [0, 0.1) is 13.8 Å². The first kappa shape index (κ1) is 12.1. The predicted octanol–water partition coefficient (Wildman–Crippen LogP) is 0.785. The average Bonchev–Trinajstić information content (AvgIpc) is 2.52. The minimum Gasteiger partial charge on any atom is -0.355 e. The highest BCUT2D eigenvalue weighted by molar-refractivity contribution is 5.81.